The zero-order chi connectivity index (χ0) is 15.7. The topological polar surface area (TPSA) is 15.3 Å². The summed E-state index contributed by atoms with van der Waals surface area (Å²) in [5.41, 5.74) is 1.60. The highest BCUT2D eigenvalue weighted by molar-refractivity contribution is 5.21. The quantitative estimate of drug-likeness (QED) is 0.639. The fourth-order valence-electron chi connectivity index (χ4n) is 3.19. The molecule has 120 valence electrons. The van der Waals surface area contributed by atoms with Crippen molar-refractivity contribution in [1.29, 1.82) is 0 Å². The maximum absolute atomic E-state index is 3.69. The lowest BCUT2D eigenvalue weighted by atomic mass is 9.79. The Bertz CT molecular complexity index is 372. The van der Waals surface area contributed by atoms with Gasteiger partial charge in [-0.05, 0) is 37.5 Å². The van der Waals surface area contributed by atoms with Gasteiger partial charge in [0.2, 0.25) is 0 Å². The van der Waals surface area contributed by atoms with Crippen molar-refractivity contribution in [3.05, 3.63) is 35.9 Å². The fraction of sp³-hybridized carbons (Fsp3) is 0.684. The molecule has 0 aliphatic rings. The molecule has 0 aliphatic heterocycles. The SMILES string of the molecule is CCCCCN(C)CC(C)(C)C(NCC)c1ccccc1. The summed E-state index contributed by atoms with van der Waals surface area (Å²) in [4.78, 5) is 2.49. The first-order chi connectivity index (χ1) is 10.0. The second-order valence-corrected chi connectivity index (χ2v) is 6.83. The summed E-state index contributed by atoms with van der Waals surface area (Å²) in [6, 6.07) is 11.3. The molecule has 0 heterocycles. The highest BCUT2D eigenvalue weighted by atomic mass is 15.1. The first-order valence-electron chi connectivity index (χ1n) is 8.48. The van der Waals surface area contributed by atoms with Crippen molar-refractivity contribution in [2.45, 2.75) is 53.0 Å². The van der Waals surface area contributed by atoms with Crippen LogP contribution in [0.1, 0.15) is 58.6 Å². The summed E-state index contributed by atoms with van der Waals surface area (Å²) in [7, 11) is 2.26. The zero-order valence-electron chi connectivity index (χ0n) is 14.7. The number of hydrogen-bond donors (Lipinski definition) is 1. The van der Waals surface area contributed by atoms with Crippen molar-refractivity contribution in [3.8, 4) is 0 Å². The summed E-state index contributed by atoms with van der Waals surface area (Å²) in [5, 5.41) is 3.69. The van der Waals surface area contributed by atoms with Crippen LogP contribution in [0.15, 0.2) is 30.3 Å². The second-order valence-electron chi connectivity index (χ2n) is 6.83. The summed E-state index contributed by atoms with van der Waals surface area (Å²) in [6.07, 6.45) is 3.93. The van der Waals surface area contributed by atoms with Crippen LogP contribution in [0.25, 0.3) is 0 Å². The van der Waals surface area contributed by atoms with Gasteiger partial charge in [0.15, 0.2) is 0 Å². The third-order valence-electron chi connectivity index (χ3n) is 4.14. The Balaban J connectivity index is 2.71. The molecule has 21 heavy (non-hydrogen) atoms. The molecule has 1 rings (SSSR count). The number of nitrogens with zero attached hydrogens (tertiary/aromatic N) is 1. The number of hydrogen-bond acceptors (Lipinski definition) is 2. The fourth-order valence-corrected chi connectivity index (χ4v) is 3.19. The third-order valence-corrected chi connectivity index (χ3v) is 4.14. The summed E-state index contributed by atoms with van der Waals surface area (Å²) in [6.45, 7) is 12.5. The Morgan fingerprint density at radius 2 is 1.76 bits per heavy atom. The average Bonchev–Trinajstić information content (AvgIpc) is 2.45. The Labute approximate surface area is 131 Å². The lowest BCUT2D eigenvalue weighted by Gasteiger charge is -2.38. The third kappa shape index (κ3) is 6.19. The molecule has 0 amide bonds. The molecule has 0 saturated carbocycles. The monoisotopic (exact) mass is 290 g/mol. The number of rotatable bonds is 10. The molecule has 1 aromatic carbocycles. The van der Waals surface area contributed by atoms with Crippen LogP contribution in [0.4, 0.5) is 0 Å². The molecule has 0 fully saturated rings. The largest absolute Gasteiger partial charge is 0.310 e. The predicted octanol–water partition coefficient (Wildman–Crippen LogP) is 4.49. The Hall–Kier alpha value is -0.860. The highest BCUT2D eigenvalue weighted by Crippen LogP contribution is 2.34. The molecule has 0 aliphatic carbocycles. The van der Waals surface area contributed by atoms with Crippen molar-refractivity contribution in [2.24, 2.45) is 5.41 Å². The van der Waals surface area contributed by atoms with Crippen LogP contribution in [0.3, 0.4) is 0 Å². The molecule has 0 saturated heterocycles. The Kier molecular flexibility index (Phi) is 7.98. The van der Waals surface area contributed by atoms with Gasteiger partial charge < -0.3 is 10.2 Å². The van der Waals surface area contributed by atoms with E-state index < -0.39 is 0 Å². The van der Waals surface area contributed by atoms with E-state index in [1.807, 2.05) is 0 Å². The number of nitrogens with one attached hydrogen (secondary N) is 1. The van der Waals surface area contributed by atoms with Gasteiger partial charge in [0, 0.05) is 12.6 Å². The van der Waals surface area contributed by atoms with Crippen molar-refractivity contribution in [3.63, 3.8) is 0 Å². The maximum Gasteiger partial charge on any atom is 0.0384 e. The van der Waals surface area contributed by atoms with Crippen LogP contribution in [-0.4, -0.2) is 31.6 Å². The molecule has 2 heteroatoms. The molecular weight excluding hydrogens is 256 g/mol. The van der Waals surface area contributed by atoms with Gasteiger partial charge in [-0.25, -0.2) is 0 Å². The van der Waals surface area contributed by atoms with Crippen molar-refractivity contribution < 1.29 is 0 Å². The van der Waals surface area contributed by atoms with Crippen molar-refractivity contribution >= 4 is 0 Å². The van der Waals surface area contributed by atoms with E-state index in [0.29, 0.717) is 6.04 Å². The first kappa shape index (κ1) is 18.2. The van der Waals surface area contributed by atoms with E-state index in [1.165, 1.54) is 31.4 Å². The van der Waals surface area contributed by atoms with Gasteiger partial charge in [-0.15, -0.1) is 0 Å². The molecular formula is C19H34N2. The molecule has 2 nitrogen and oxygen atoms in total. The van der Waals surface area contributed by atoms with E-state index in [-0.39, 0.29) is 5.41 Å². The first-order valence-corrected chi connectivity index (χ1v) is 8.48. The Morgan fingerprint density at radius 1 is 1.10 bits per heavy atom. The van der Waals surface area contributed by atoms with Crippen LogP contribution < -0.4 is 5.32 Å². The van der Waals surface area contributed by atoms with Crippen LogP contribution in [0.5, 0.6) is 0 Å². The Morgan fingerprint density at radius 3 is 2.33 bits per heavy atom. The molecule has 0 aromatic heterocycles. The smallest absolute Gasteiger partial charge is 0.0384 e. The number of benzene rings is 1. The van der Waals surface area contributed by atoms with Crippen LogP contribution in [0.2, 0.25) is 0 Å². The highest BCUT2D eigenvalue weighted by Gasteiger charge is 2.31. The minimum absolute atomic E-state index is 0.207. The van der Waals surface area contributed by atoms with Crippen LogP contribution in [-0.2, 0) is 0 Å². The average molecular weight is 290 g/mol. The van der Waals surface area contributed by atoms with E-state index in [0.717, 1.165) is 13.1 Å². The number of unbranched alkanes of at least 4 members (excludes halogenated alkanes) is 2. The molecule has 0 radical (unpaired) electrons. The standard InChI is InChI=1S/C19H34N2/c1-6-8-12-15-21(5)16-19(3,4)18(20-7-2)17-13-10-9-11-14-17/h9-11,13-14,18,20H,6-8,12,15-16H2,1-5H3. The molecule has 1 N–H and O–H groups in total. The van der Waals surface area contributed by atoms with Crippen molar-refractivity contribution in [2.75, 3.05) is 26.7 Å². The normalized spacial score (nSPS) is 13.6. The van der Waals surface area contributed by atoms with Gasteiger partial charge in [0.05, 0.1) is 0 Å². The zero-order valence-corrected chi connectivity index (χ0v) is 14.7. The van der Waals surface area contributed by atoms with E-state index >= 15 is 0 Å². The van der Waals surface area contributed by atoms with Gasteiger partial charge in [-0.1, -0.05) is 70.9 Å². The van der Waals surface area contributed by atoms with Crippen LogP contribution >= 0.6 is 0 Å². The molecule has 0 bridgehead atoms. The summed E-state index contributed by atoms with van der Waals surface area (Å²) < 4.78 is 0. The maximum atomic E-state index is 3.69. The lowest BCUT2D eigenvalue weighted by molar-refractivity contribution is 0.156. The lowest BCUT2D eigenvalue weighted by Crippen LogP contribution is -2.42. The second kappa shape index (κ2) is 9.22. The minimum atomic E-state index is 0.207. The van der Waals surface area contributed by atoms with E-state index in [2.05, 4.69) is 75.3 Å². The minimum Gasteiger partial charge on any atom is -0.310 e. The van der Waals surface area contributed by atoms with Gasteiger partial charge in [0.1, 0.15) is 0 Å². The van der Waals surface area contributed by atoms with Gasteiger partial charge in [-0.3, -0.25) is 0 Å². The van der Waals surface area contributed by atoms with Crippen molar-refractivity contribution in [1.82, 2.24) is 10.2 Å². The van der Waals surface area contributed by atoms with Gasteiger partial charge in [-0.2, -0.15) is 0 Å². The van der Waals surface area contributed by atoms with Crippen LogP contribution in [0, 0.1) is 5.41 Å². The van der Waals surface area contributed by atoms with E-state index in [4.69, 9.17) is 0 Å². The molecule has 1 unspecified atom stereocenters. The predicted molar refractivity (Wildman–Crippen MR) is 93.7 cm³/mol. The van der Waals surface area contributed by atoms with Gasteiger partial charge >= 0.3 is 0 Å². The molecule has 0 spiro atoms. The van der Waals surface area contributed by atoms with Gasteiger partial charge in [0.25, 0.3) is 0 Å². The molecule has 1 atom stereocenters. The molecule has 1 aromatic rings. The van der Waals surface area contributed by atoms with E-state index in [9.17, 15) is 0 Å². The summed E-state index contributed by atoms with van der Waals surface area (Å²) in [5.74, 6) is 0. The van der Waals surface area contributed by atoms with E-state index in [1.54, 1.807) is 0 Å². The summed E-state index contributed by atoms with van der Waals surface area (Å²) >= 11 is 0.